The third kappa shape index (κ3) is 3.67. The second kappa shape index (κ2) is 4.35. The van der Waals surface area contributed by atoms with Gasteiger partial charge < -0.3 is 10.7 Å². The zero-order valence-electron chi connectivity index (χ0n) is 10.5. The number of hydrogen-bond donors (Lipinski definition) is 2. The number of nitrogens with one attached hydrogen (secondary N) is 1. The van der Waals surface area contributed by atoms with Gasteiger partial charge in [0.1, 0.15) is 5.82 Å². The van der Waals surface area contributed by atoms with Gasteiger partial charge >= 0.3 is 0 Å². The van der Waals surface area contributed by atoms with Gasteiger partial charge in [0.05, 0.1) is 5.69 Å². The van der Waals surface area contributed by atoms with Crippen LogP contribution in [0.4, 0.5) is 0 Å². The summed E-state index contributed by atoms with van der Waals surface area (Å²) in [4.78, 5) is 7.93. The summed E-state index contributed by atoms with van der Waals surface area (Å²) in [7, 11) is 0. The smallest absolute Gasteiger partial charge is 0.106 e. The molecule has 0 amide bonds. The number of aromatic amines is 1. The van der Waals surface area contributed by atoms with Crippen LogP contribution in [0, 0.1) is 6.92 Å². The maximum absolute atomic E-state index is 5.95. The molecule has 1 heterocycles. The van der Waals surface area contributed by atoms with Crippen LogP contribution in [0.3, 0.4) is 0 Å². The second-order valence-electron chi connectivity index (χ2n) is 5.34. The third-order valence-corrected chi connectivity index (χ3v) is 2.52. The predicted octanol–water partition coefficient (Wildman–Crippen LogP) is 2.51. The van der Waals surface area contributed by atoms with Crippen LogP contribution in [-0.4, -0.2) is 15.5 Å². The molecule has 0 aliphatic heterocycles. The van der Waals surface area contributed by atoms with E-state index < -0.39 is 0 Å². The Balaban J connectivity index is 2.68. The lowest BCUT2D eigenvalue weighted by Gasteiger charge is -2.16. The Morgan fingerprint density at radius 3 is 2.40 bits per heavy atom. The van der Waals surface area contributed by atoms with Crippen LogP contribution < -0.4 is 5.73 Å². The number of nitrogens with zero attached hydrogens (tertiary/aromatic N) is 1. The predicted molar refractivity (Wildman–Crippen MR) is 64.0 cm³/mol. The molecule has 0 aromatic carbocycles. The number of H-pyrrole nitrogens is 1. The van der Waals surface area contributed by atoms with Crippen molar-refractivity contribution in [2.75, 3.05) is 0 Å². The molecule has 3 N–H and O–H groups in total. The van der Waals surface area contributed by atoms with Crippen LogP contribution in [0.25, 0.3) is 0 Å². The monoisotopic (exact) mass is 209 g/mol. The van der Waals surface area contributed by atoms with Gasteiger partial charge in [-0.3, -0.25) is 0 Å². The van der Waals surface area contributed by atoms with Crippen molar-refractivity contribution >= 4 is 0 Å². The van der Waals surface area contributed by atoms with Gasteiger partial charge in [-0.2, -0.15) is 0 Å². The summed E-state index contributed by atoms with van der Waals surface area (Å²) < 4.78 is 0. The third-order valence-electron chi connectivity index (χ3n) is 2.52. The van der Waals surface area contributed by atoms with E-state index in [1.165, 1.54) is 11.4 Å². The number of imidazole rings is 1. The van der Waals surface area contributed by atoms with Crippen LogP contribution in [0.2, 0.25) is 0 Å². The van der Waals surface area contributed by atoms with E-state index in [1.54, 1.807) is 0 Å². The molecule has 1 rings (SSSR count). The van der Waals surface area contributed by atoms with E-state index in [0.29, 0.717) is 5.92 Å². The highest BCUT2D eigenvalue weighted by Gasteiger charge is 2.14. The fourth-order valence-corrected chi connectivity index (χ4v) is 1.66. The molecular formula is C12H23N3. The highest BCUT2D eigenvalue weighted by molar-refractivity contribution is 5.16. The molecule has 0 fully saturated rings. The summed E-state index contributed by atoms with van der Waals surface area (Å²) >= 11 is 0. The van der Waals surface area contributed by atoms with E-state index in [4.69, 9.17) is 5.73 Å². The molecule has 0 saturated carbocycles. The Morgan fingerprint density at radius 1 is 1.40 bits per heavy atom. The standard InChI is InChI=1S/C12H23N3/c1-8(2)11-9(3)14-10(15-11)6-7-12(4,5)13/h8H,6-7,13H2,1-5H3,(H,14,15). The van der Waals surface area contributed by atoms with Gasteiger partial charge in [0.15, 0.2) is 0 Å². The van der Waals surface area contributed by atoms with Crippen LogP contribution in [0.5, 0.6) is 0 Å². The highest BCUT2D eigenvalue weighted by Crippen LogP contribution is 2.17. The second-order valence-corrected chi connectivity index (χ2v) is 5.34. The highest BCUT2D eigenvalue weighted by atomic mass is 14.9. The van der Waals surface area contributed by atoms with Crippen LogP contribution in [0.15, 0.2) is 0 Å². The number of aryl methyl sites for hydroxylation is 2. The molecule has 0 radical (unpaired) electrons. The Bertz CT molecular complexity index is 318. The summed E-state index contributed by atoms with van der Waals surface area (Å²) in [5.74, 6) is 1.55. The topological polar surface area (TPSA) is 54.7 Å². The van der Waals surface area contributed by atoms with Crippen molar-refractivity contribution < 1.29 is 0 Å². The Hall–Kier alpha value is -0.830. The molecule has 0 unspecified atom stereocenters. The molecule has 3 nitrogen and oxygen atoms in total. The number of hydrogen-bond acceptors (Lipinski definition) is 2. The minimum Gasteiger partial charge on any atom is -0.346 e. The largest absolute Gasteiger partial charge is 0.346 e. The van der Waals surface area contributed by atoms with Crippen molar-refractivity contribution in [1.29, 1.82) is 0 Å². The molecule has 86 valence electrons. The first-order valence-electron chi connectivity index (χ1n) is 5.64. The van der Waals surface area contributed by atoms with Gasteiger partial charge in [-0.15, -0.1) is 0 Å². The fourth-order valence-electron chi connectivity index (χ4n) is 1.66. The first-order chi connectivity index (χ1) is 6.79. The maximum Gasteiger partial charge on any atom is 0.106 e. The molecule has 3 heteroatoms. The van der Waals surface area contributed by atoms with Crippen LogP contribution in [0.1, 0.15) is 57.2 Å². The van der Waals surface area contributed by atoms with Gasteiger partial charge in [0, 0.05) is 17.7 Å². The lowest BCUT2D eigenvalue weighted by molar-refractivity contribution is 0.471. The van der Waals surface area contributed by atoms with Crippen molar-refractivity contribution in [1.82, 2.24) is 9.97 Å². The minimum atomic E-state index is -0.112. The molecule has 1 aromatic rings. The fraction of sp³-hybridized carbons (Fsp3) is 0.750. The van der Waals surface area contributed by atoms with E-state index in [9.17, 15) is 0 Å². The van der Waals surface area contributed by atoms with Crippen LogP contribution >= 0.6 is 0 Å². The molecule has 0 aliphatic rings. The summed E-state index contributed by atoms with van der Waals surface area (Å²) in [6.07, 6.45) is 1.88. The van der Waals surface area contributed by atoms with Crippen molar-refractivity contribution in [2.45, 2.75) is 58.9 Å². The van der Waals surface area contributed by atoms with Crippen molar-refractivity contribution in [2.24, 2.45) is 5.73 Å². The van der Waals surface area contributed by atoms with E-state index in [1.807, 2.05) is 13.8 Å². The van der Waals surface area contributed by atoms with Crippen LogP contribution in [-0.2, 0) is 6.42 Å². The molecule has 0 bridgehead atoms. The van der Waals surface area contributed by atoms with Gasteiger partial charge in [0.25, 0.3) is 0 Å². The first-order valence-corrected chi connectivity index (χ1v) is 5.64. The molecule has 0 spiro atoms. The summed E-state index contributed by atoms with van der Waals surface area (Å²) in [6, 6.07) is 0. The average Bonchev–Trinajstić information content (AvgIpc) is 2.42. The summed E-state index contributed by atoms with van der Waals surface area (Å²) in [5, 5.41) is 0. The van der Waals surface area contributed by atoms with Gasteiger partial charge in [0.2, 0.25) is 0 Å². The minimum absolute atomic E-state index is 0.112. The Labute approximate surface area is 92.5 Å². The zero-order valence-corrected chi connectivity index (χ0v) is 10.5. The molecule has 0 aliphatic carbocycles. The van der Waals surface area contributed by atoms with E-state index in [-0.39, 0.29) is 5.54 Å². The van der Waals surface area contributed by atoms with E-state index >= 15 is 0 Å². The average molecular weight is 209 g/mol. The molecule has 0 saturated heterocycles. The zero-order chi connectivity index (χ0) is 11.6. The number of rotatable bonds is 4. The van der Waals surface area contributed by atoms with E-state index in [0.717, 1.165) is 18.7 Å². The quantitative estimate of drug-likeness (QED) is 0.800. The van der Waals surface area contributed by atoms with Crippen molar-refractivity contribution in [3.63, 3.8) is 0 Å². The molecule has 1 aromatic heterocycles. The van der Waals surface area contributed by atoms with Crippen molar-refractivity contribution in [3.8, 4) is 0 Å². The number of aromatic nitrogens is 2. The van der Waals surface area contributed by atoms with Crippen molar-refractivity contribution in [3.05, 3.63) is 17.2 Å². The lowest BCUT2D eigenvalue weighted by Crippen LogP contribution is -2.32. The van der Waals surface area contributed by atoms with E-state index in [2.05, 4.69) is 30.7 Å². The maximum atomic E-state index is 5.95. The van der Waals surface area contributed by atoms with Gasteiger partial charge in [-0.1, -0.05) is 13.8 Å². The number of nitrogens with two attached hydrogens (primary N) is 1. The summed E-state index contributed by atoms with van der Waals surface area (Å²) in [6.45, 7) is 10.5. The van der Waals surface area contributed by atoms with Gasteiger partial charge in [-0.25, -0.2) is 4.98 Å². The van der Waals surface area contributed by atoms with Gasteiger partial charge in [-0.05, 0) is 33.1 Å². The lowest BCUT2D eigenvalue weighted by atomic mass is 10.0. The normalized spacial score (nSPS) is 12.5. The Morgan fingerprint density at radius 2 is 2.00 bits per heavy atom. The first kappa shape index (κ1) is 12.2. The molecular weight excluding hydrogens is 186 g/mol. The molecule has 0 atom stereocenters. The Kier molecular flexibility index (Phi) is 3.55. The SMILES string of the molecule is Cc1[nH]c(CCC(C)(C)N)nc1C(C)C. The molecule has 15 heavy (non-hydrogen) atoms. The summed E-state index contributed by atoms with van der Waals surface area (Å²) in [5.41, 5.74) is 8.20.